The number of ether oxygens (including phenoxy) is 1. The fraction of sp³-hybridized carbons (Fsp3) is 0.355. The number of hydrogen-bond acceptors (Lipinski definition) is 3. The van der Waals surface area contributed by atoms with Crippen molar-refractivity contribution in [3.05, 3.63) is 101 Å². The quantitative estimate of drug-likeness (QED) is 0.352. The van der Waals surface area contributed by atoms with Crippen LogP contribution >= 0.6 is 11.6 Å². The van der Waals surface area contributed by atoms with Crippen LogP contribution in [0.25, 0.3) is 0 Å². The molecule has 0 radical (unpaired) electrons. The Labute approximate surface area is 224 Å². The van der Waals surface area contributed by atoms with Gasteiger partial charge in [0.05, 0.1) is 0 Å². The van der Waals surface area contributed by atoms with E-state index in [2.05, 4.69) is 5.32 Å². The van der Waals surface area contributed by atoms with Crippen molar-refractivity contribution >= 4 is 23.4 Å². The zero-order chi connectivity index (χ0) is 26.0. The van der Waals surface area contributed by atoms with E-state index in [1.165, 1.54) is 6.42 Å². The predicted molar refractivity (Wildman–Crippen MR) is 148 cm³/mol. The second kappa shape index (κ2) is 13.3. The van der Waals surface area contributed by atoms with Gasteiger partial charge in [-0.15, -0.1) is 0 Å². The summed E-state index contributed by atoms with van der Waals surface area (Å²) in [7, 11) is 0. The van der Waals surface area contributed by atoms with Gasteiger partial charge in [0.25, 0.3) is 5.91 Å². The van der Waals surface area contributed by atoms with Crippen molar-refractivity contribution in [2.75, 3.05) is 6.61 Å². The van der Waals surface area contributed by atoms with E-state index in [0.29, 0.717) is 17.2 Å². The summed E-state index contributed by atoms with van der Waals surface area (Å²) >= 11 is 6.49. The molecule has 3 aromatic rings. The maximum atomic E-state index is 13.8. The molecular weight excluding hydrogens is 484 g/mol. The van der Waals surface area contributed by atoms with Crippen LogP contribution in [0.2, 0.25) is 5.02 Å². The van der Waals surface area contributed by atoms with E-state index in [1.54, 1.807) is 11.0 Å². The van der Waals surface area contributed by atoms with E-state index in [4.69, 9.17) is 16.3 Å². The normalized spacial score (nSPS) is 14.5. The SMILES string of the molecule is Cc1ccc(OCC(=O)N(Cc2ccccc2Cl)[C@H](Cc2ccccc2)C(=O)NC2CCCCC2)cc1. The van der Waals surface area contributed by atoms with E-state index in [1.807, 2.05) is 79.7 Å². The van der Waals surface area contributed by atoms with Crippen molar-refractivity contribution in [1.82, 2.24) is 10.2 Å². The molecule has 1 N–H and O–H groups in total. The van der Waals surface area contributed by atoms with Crippen LogP contribution in [-0.4, -0.2) is 35.4 Å². The molecule has 4 rings (SSSR count). The number of amides is 2. The Kier molecular flexibility index (Phi) is 9.61. The van der Waals surface area contributed by atoms with Crippen LogP contribution in [0.1, 0.15) is 48.8 Å². The summed E-state index contributed by atoms with van der Waals surface area (Å²) in [6, 6.07) is 24.3. The van der Waals surface area contributed by atoms with Crippen LogP contribution in [0, 0.1) is 6.92 Å². The molecule has 1 aliphatic rings. The first-order chi connectivity index (χ1) is 18.0. The Balaban J connectivity index is 1.61. The first-order valence-corrected chi connectivity index (χ1v) is 13.4. The van der Waals surface area contributed by atoms with E-state index in [0.717, 1.165) is 42.4 Å². The number of rotatable bonds is 10. The van der Waals surface area contributed by atoms with E-state index in [9.17, 15) is 9.59 Å². The van der Waals surface area contributed by atoms with Gasteiger partial charge in [-0.1, -0.05) is 97.1 Å². The maximum absolute atomic E-state index is 13.8. The third-order valence-electron chi connectivity index (χ3n) is 6.90. The molecule has 0 spiro atoms. The molecule has 0 aromatic heterocycles. The molecule has 6 heteroatoms. The fourth-order valence-corrected chi connectivity index (χ4v) is 4.97. The number of nitrogens with zero attached hydrogens (tertiary/aromatic N) is 1. The monoisotopic (exact) mass is 518 g/mol. The Morgan fingerprint density at radius 1 is 0.946 bits per heavy atom. The van der Waals surface area contributed by atoms with Gasteiger partial charge in [-0.2, -0.15) is 0 Å². The summed E-state index contributed by atoms with van der Waals surface area (Å²) in [5.41, 5.74) is 2.89. The van der Waals surface area contributed by atoms with Crippen molar-refractivity contribution in [2.45, 2.75) is 64.1 Å². The Bertz CT molecular complexity index is 1160. The zero-order valence-corrected chi connectivity index (χ0v) is 22.1. The van der Waals surface area contributed by atoms with Crippen LogP contribution in [0.4, 0.5) is 0 Å². The van der Waals surface area contributed by atoms with Gasteiger partial charge >= 0.3 is 0 Å². The highest BCUT2D eigenvalue weighted by Gasteiger charge is 2.32. The molecule has 3 aromatic carbocycles. The number of carbonyl (C=O) groups excluding carboxylic acids is 2. The van der Waals surface area contributed by atoms with Gasteiger partial charge in [-0.05, 0) is 49.1 Å². The summed E-state index contributed by atoms with van der Waals surface area (Å²) in [6.45, 7) is 2.04. The molecule has 1 aliphatic carbocycles. The summed E-state index contributed by atoms with van der Waals surface area (Å²) in [5, 5.41) is 3.81. The summed E-state index contributed by atoms with van der Waals surface area (Å²) < 4.78 is 5.85. The lowest BCUT2D eigenvalue weighted by Gasteiger charge is -2.33. The van der Waals surface area contributed by atoms with Crippen molar-refractivity contribution in [2.24, 2.45) is 0 Å². The number of halogens is 1. The lowest BCUT2D eigenvalue weighted by atomic mass is 9.94. The molecule has 5 nitrogen and oxygen atoms in total. The van der Waals surface area contributed by atoms with Crippen molar-refractivity contribution in [1.29, 1.82) is 0 Å². The van der Waals surface area contributed by atoms with Gasteiger partial charge in [-0.3, -0.25) is 9.59 Å². The predicted octanol–water partition coefficient (Wildman–Crippen LogP) is 6.12. The van der Waals surface area contributed by atoms with Crippen molar-refractivity contribution < 1.29 is 14.3 Å². The number of aryl methyl sites for hydroxylation is 1. The van der Waals surface area contributed by atoms with Gasteiger partial charge in [0.2, 0.25) is 5.91 Å². The molecule has 1 fully saturated rings. The van der Waals surface area contributed by atoms with Crippen LogP contribution in [0.15, 0.2) is 78.9 Å². The lowest BCUT2D eigenvalue weighted by molar-refractivity contribution is -0.143. The highest BCUT2D eigenvalue weighted by molar-refractivity contribution is 6.31. The molecule has 0 saturated heterocycles. The molecule has 194 valence electrons. The van der Waals surface area contributed by atoms with Crippen LogP contribution < -0.4 is 10.1 Å². The first kappa shape index (κ1) is 26.7. The zero-order valence-electron chi connectivity index (χ0n) is 21.4. The smallest absolute Gasteiger partial charge is 0.261 e. The summed E-state index contributed by atoms with van der Waals surface area (Å²) in [6.07, 6.45) is 5.77. The molecule has 0 aliphatic heterocycles. The highest BCUT2D eigenvalue weighted by atomic mass is 35.5. The summed E-state index contributed by atoms with van der Waals surface area (Å²) in [5.74, 6) is 0.217. The molecule has 0 bridgehead atoms. The maximum Gasteiger partial charge on any atom is 0.261 e. The molecule has 1 saturated carbocycles. The molecule has 1 atom stereocenters. The Morgan fingerprint density at radius 2 is 1.62 bits per heavy atom. The van der Waals surface area contributed by atoms with Crippen LogP contribution in [0.5, 0.6) is 5.75 Å². The second-order valence-electron chi connectivity index (χ2n) is 9.76. The topological polar surface area (TPSA) is 58.6 Å². The molecule has 0 heterocycles. The van der Waals surface area contributed by atoms with Crippen molar-refractivity contribution in [3.8, 4) is 5.75 Å². The van der Waals surface area contributed by atoms with Crippen LogP contribution in [-0.2, 0) is 22.6 Å². The van der Waals surface area contributed by atoms with Gasteiger partial charge in [0, 0.05) is 24.0 Å². The minimum atomic E-state index is -0.699. The Morgan fingerprint density at radius 3 is 2.32 bits per heavy atom. The Hall–Kier alpha value is -3.31. The third kappa shape index (κ3) is 7.83. The molecular formula is C31H35ClN2O3. The number of hydrogen-bond donors (Lipinski definition) is 1. The standard InChI is InChI=1S/C31H35ClN2O3/c1-23-16-18-27(19-17-23)37-22-30(35)34(21-25-12-8-9-15-28(25)32)29(20-24-10-4-2-5-11-24)31(36)33-26-13-6-3-7-14-26/h2,4-5,8-12,15-19,26,29H,3,6-7,13-14,20-22H2,1H3,(H,33,36)/t29-/m1/s1. The summed E-state index contributed by atoms with van der Waals surface area (Å²) in [4.78, 5) is 29.1. The van der Waals surface area contributed by atoms with E-state index in [-0.39, 0.29) is 31.0 Å². The minimum Gasteiger partial charge on any atom is -0.484 e. The largest absolute Gasteiger partial charge is 0.484 e. The van der Waals surface area contributed by atoms with Crippen molar-refractivity contribution in [3.63, 3.8) is 0 Å². The molecule has 2 amide bonds. The van der Waals surface area contributed by atoms with Gasteiger partial charge in [0.15, 0.2) is 6.61 Å². The van der Waals surface area contributed by atoms with Gasteiger partial charge in [-0.25, -0.2) is 0 Å². The number of nitrogens with one attached hydrogen (secondary N) is 1. The van der Waals surface area contributed by atoms with E-state index < -0.39 is 6.04 Å². The second-order valence-corrected chi connectivity index (χ2v) is 10.2. The van der Waals surface area contributed by atoms with Gasteiger partial charge in [0.1, 0.15) is 11.8 Å². The lowest BCUT2D eigenvalue weighted by Crippen LogP contribution is -2.53. The van der Waals surface area contributed by atoms with Crippen LogP contribution in [0.3, 0.4) is 0 Å². The molecule has 0 unspecified atom stereocenters. The highest BCUT2D eigenvalue weighted by Crippen LogP contribution is 2.22. The van der Waals surface area contributed by atoms with E-state index >= 15 is 0 Å². The number of benzene rings is 3. The third-order valence-corrected chi connectivity index (χ3v) is 7.27. The fourth-order valence-electron chi connectivity index (χ4n) is 4.77. The number of carbonyl (C=O) groups is 2. The first-order valence-electron chi connectivity index (χ1n) is 13.1. The minimum absolute atomic E-state index is 0.133. The van der Waals surface area contributed by atoms with Gasteiger partial charge < -0.3 is 15.0 Å². The average molecular weight is 519 g/mol. The average Bonchev–Trinajstić information content (AvgIpc) is 2.92. The molecule has 37 heavy (non-hydrogen) atoms.